The van der Waals surface area contributed by atoms with Gasteiger partial charge in [0.25, 0.3) is 0 Å². The van der Waals surface area contributed by atoms with Crippen LogP contribution in [-0.2, 0) is 22.4 Å². The molecule has 2 amide bonds. The summed E-state index contributed by atoms with van der Waals surface area (Å²) in [5.74, 6) is -0.147. The van der Waals surface area contributed by atoms with E-state index in [0.717, 1.165) is 59.0 Å². The van der Waals surface area contributed by atoms with E-state index in [2.05, 4.69) is 22.4 Å². The molecule has 1 heterocycles. The number of nitrogens with zero attached hydrogens (tertiary/aromatic N) is 2. The minimum absolute atomic E-state index is 0.0545. The second kappa shape index (κ2) is 12.9. The number of benzene rings is 3. The van der Waals surface area contributed by atoms with Crippen molar-refractivity contribution in [3.05, 3.63) is 102 Å². The number of carbonyl (C=O) groups is 2. The van der Waals surface area contributed by atoms with Crippen LogP contribution in [0.2, 0.25) is 0 Å². The van der Waals surface area contributed by atoms with Crippen molar-refractivity contribution in [2.45, 2.75) is 57.0 Å². The van der Waals surface area contributed by atoms with Crippen LogP contribution in [0.3, 0.4) is 0 Å². The predicted molar refractivity (Wildman–Crippen MR) is 162 cm³/mol. The van der Waals surface area contributed by atoms with Gasteiger partial charge in [0.1, 0.15) is 6.04 Å². The number of para-hydroxylation sites is 1. The molecule has 5 rings (SSSR count). The third-order valence-electron chi connectivity index (χ3n) is 8.06. The largest absolute Gasteiger partial charge is 0.378 e. The summed E-state index contributed by atoms with van der Waals surface area (Å²) in [4.78, 5) is 35.4. The Morgan fingerprint density at radius 2 is 1.60 bits per heavy atom. The smallest absolute Gasteiger partial charge is 0.247 e. The van der Waals surface area contributed by atoms with Crippen LogP contribution in [0.4, 0.5) is 5.69 Å². The minimum Gasteiger partial charge on any atom is -0.378 e. The Balaban J connectivity index is 1.49. The van der Waals surface area contributed by atoms with Gasteiger partial charge < -0.3 is 20.1 Å². The number of nitrogens with one attached hydrogen (secondary N) is 2. The third-order valence-corrected chi connectivity index (χ3v) is 8.06. The molecular formula is C34H40N4O2. The Hall–Kier alpha value is -4.06. The highest BCUT2D eigenvalue weighted by Crippen LogP contribution is 2.28. The second-order valence-corrected chi connectivity index (χ2v) is 11.1. The van der Waals surface area contributed by atoms with Crippen LogP contribution in [0.5, 0.6) is 0 Å². The van der Waals surface area contributed by atoms with Crippen LogP contribution in [0, 0.1) is 0 Å². The first-order valence-corrected chi connectivity index (χ1v) is 14.5. The highest BCUT2D eigenvalue weighted by Gasteiger charge is 2.33. The lowest BCUT2D eigenvalue weighted by molar-refractivity contribution is -0.140. The van der Waals surface area contributed by atoms with Gasteiger partial charge in [0.05, 0.1) is 6.42 Å². The van der Waals surface area contributed by atoms with E-state index in [-0.39, 0.29) is 24.3 Å². The number of carbonyl (C=O) groups excluding carboxylic acids is 2. The summed E-state index contributed by atoms with van der Waals surface area (Å²) in [6.45, 7) is 0.448. The molecule has 6 heteroatoms. The van der Waals surface area contributed by atoms with Crippen molar-refractivity contribution in [1.82, 2.24) is 15.2 Å². The third kappa shape index (κ3) is 6.56. The molecule has 3 aromatic carbocycles. The molecule has 0 bridgehead atoms. The van der Waals surface area contributed by atoms with Crippen molar-refractivity contribution in [1.29, 1.82) is 0 Å². The lowest BCUT2D eigenvalue weighted by atomic mass is 9.94. The Morgan fingerprint density at radius 3 is 2.33 bits per heavy atom. The first kappa shape index (κ1) is 27.5. The standard InChI is InChI=1S/C34H40N4O2/c1-37(2)29-19-17-26(18-20-29)33(34(40)36-28-13-7-4-8-14-28)38(22-21-25-11-5-3-6-12-25)32(39)23-27-24-35-31-16-10-9-15-30(27)31/h3,5-6,9-12,15-20,24,28,33,35H,4,7-8,13-14,21-23H2,1-2H3,(H,36,40)/t33-/m1/s1. The van der Waals surface area contributed by atoms with E-state index < -0.39 is 6.04 Å². The summed E-state index contributed by atoms with van der Waals surface area (Å²) in [6, 6.07) is 25.7. The lowest BCUT2D eigenvalue weighted by Crippen LogP contribution is -2.48. The molecule has 0 radical (unpaired) electrons. The molecule has 208 valence electrons. The highest BCUT2D eigenvalue weighted by atomic mass is 16.2. The molecule has 1 saturated carbocycles. The fourth-order valence-corrected chi connectivity index (χ4v) is 5.79. The average molecular weight is 537 g/mol. The molecule has 1 aliphatic rings. The molecule has 1 atom stereocenters. The first-order valence-electron chi connectivity index (χ1n) is 14.5. The van der Waals surface area contributed by atoms with Gasteiger partial charge in [0, 0.05) is 49.5 Å². The fourth-order valence-electron chi connectivity index (χ4n) is 5.79. The van der Waals surface area contributed by atoms with Crippen molar-refractivity contribution < 1.29 is 9.59 Å². The number of aromatic nitrogens is 1. The van der Waals surface area contributed by atoms with Crippen LogP contribution in [-0.4, -0.2) is 48.4 Å². The van der Waals surface area contributed by atoms with Crippen molar-refractivity contribution in [3.63, 3.8) is 0 Å². The van der Waals surface area contributed by atoms with Crippen molar-refractivity contribution in [3.8, 4) is 0 Å². The minimum atomic E-state index is -0.709. The van der Waals surface area contributed by atoms with Crippen molar-refractivity contribution in [2.24, 2.45) is 0 Å². The molecule has 4 aromatic rings. The topological polar surface area (TPSA) is 68.4 Å². The van der Waals surface area contributed by atoms with Crippen LogP contribution < -0.4 is 10.2 Å². The van der Waals surface area contributed by atoms with Gasteiger partial charge >= 0.3 is 0 Å². The van der Waals surface area contributed by atoms with Gasteiger partial charge in [-0.05, 0) is 54.2 Å². The van der Waals surface area contributed by atoms with E-state index in [4.69, 9.17) is 0 Å². The molecule has 0 unspecified atom stereocenters. The Labute approximate surface area is 237 Å². The average Bonchev–Trinajstić information content (AvgIpc) is 3.39. The molecule has 2 N–H and O–H groups in total. The van der Waals surface area contributed by atoms with E-state index >= 15 is 0 Å². The van der Waals surface area contributed by atoms with E-state index in [9.17, 15) is 9.59 Å². The van der Waals surface area contributed by atoms with Gasteiger partial charge in [-0.2, -0.15) is 0 Å². The van der Waals surface area contributed by atoms with Gasteiger partial charge in [0.2, 0.25) is 11.8 Å². The van der Waals surface area contributed by atoms with E-state index in [1.807, 2.05) is 91.9 Å². The molecule has 0 aliphatic heterocycles. The predicted octanol–water partition coefficient (Wildman–Crippen LogP) is 6.04. The number of anilines is 1. The summed E-state index contributed by atoms with van der Waals surface area (Å²) in [6.07, 6.45) is 8.27. The second-order valence-electron chi connectivity index (χ2n) is 11.1. The summed E-state index contributed by atoms with van der Waals surface area (Å²) in [5.41, 5.74) is 4.98. The number of aromatic amines is 1. The number of rotatable bonds is 10. The number of amides is 2. The van der Waals surface area contributed by atoms with Gasteiger partial charge in [-0.25, -0.2) is 0 Å². The molecule has 0 spiro atoms. The van der Waals surface area contributed by atoms with Crippen LogP contribution in [0.25, 0.3) is 10.9 Å². The Kier molecular flexibility index (Phi) is 8.84. The van der Waals surface area contributed by atoms with Crippen molar-refractivity contribution >= 4 is 28.4 Å². The van der Waals surface area contributed by atoms with E-state index in [1.54, 1.807) is 4.90 Å². The van der Waals surface area contributed by atoms with Gasteiger partial charge in [-0.3, -0.25) is 9.59 Å². The molecule has 1 fully saturated rings. The van der Waals surface area contributed by atoms with Gasteiger partial charge in [-0.1, -0.05) is 79.9 Å². The number of fused-ring (bicyclic) bond motifs is 1. The molecule has 0 saturated heterocycles. The highest BCUT2D eigenvalue weighted by molar-refractivity contribution is 5.92. The summed E-state index contributed by atoms with van der Waals surface area (Å²) in [7, 11) is 4.00. The summed E-state index contributed by atoms with van der Waals surface area (Å²) < 4.78 is 0. The molecule has 1 aliphatic carbocycles. The monoisotopic (exact) mass is 536 g/mol. The maximum absolute atomic E-state index is 14.2. The summed E-state index contributed by atoms with van der Waals surface area (Å²) >= 11 is 0. The van der Waals surface area contributed by atoms with Crippen LogP contribution >= 0.6 is 0 Å². The van der Waals surface area contributed by atoms with Crippen LogP contribution in [0.15, 0.2) is 85.1 Å². The Morgan fingerprint density at radius 1 is 0.900 bits per heavy atom. The normalized spacial score (nSPS) is 14.6. The number of hydrogen-bond acceptors (Lipinski definition) is 3. The van der Waals surface area contributed by atoms with Crippen LogP contribution in [0.1, 0.15) is 54.8 Å². The maximum Gasteiger partial charge on any atom is 0.247 e. The zero-order valence-electron chi connectivity index (χ0n) is 23.6. The lowest BCUT2D eigenvalue weighted by Gasteiger charge is -2.34. The Bertz CT molecular complexity index is 1400. The summed E-state index contributed by atoms with van der Waals surface area (Å²) in [5, 5.41) is 4.37. The number of hydrogen-bond donors (Lipinski definition) is 2. The van der Waals surface area contributed by atoms with Gasteiger partial charge in [0.15, 0.2) is 0 Å². The van der Waals surface area contributed by atoms with E-state index in [0.29, 0.717) is 13.0 Å². The number of H-pyrrole nitrogens is 1. The molecule has 6 nitrogen and oxygen atoms in total. The fraction of sp³-hybridized carbons (Fsp3) is 0.353. The first-order chi connectivity index (χ1) is 19.5. The maximum atomic E-state index is 14.2. The van der Waals surface area contributed by atoms with Crippen molar-refractivity contribution in [2.75, 3.05) is 25.5 Å². The van der Waals surface area contributed by atoms with E-state index in [1.165, 1.54) is 6.42 Å². The molecule has 40 heavy (non-hydrogen) atoms. The van der Waals surface area contributed by atoms with Gasteiger partial charge in [-0.15, -0.1) is 0 Å². The zero-order chi connectivity index (χ0) is 27.9. The molecule has 1 aromatic heterocycles. The SMILES string of the molecule is CN(C)c1ccc([C@H](C(=O)NC2CCCCC2)N(CCc2ccccc2)C(=O)Cc2c[nH]c3ccccc23)cc1. The zero-order valence-corrected chi connectivity index (χ0v) is 23.6. The quantitative estimate of drug-likeness (QED) is 0.260. The molecular weight excluding hydrogens is 496 g/mol.